The van der Waals surface area contributed by atoms with Crippen molar-refractivity contribution in [2.45, 2.75) is 25.9 Å². The minimum atomic E-state index is -0.114. The lowest BCUT2D eigenvalue weighted by Gasteiger charge is -2.40. The molecule has 0 aliphatic carbocycles. The SMILES string of the molecule is CC(C)N1CCN[C@@H](C(=O)N2CCN(c3cc(-c4cc(Cl)cc(Cl)c4)[nH]n3)CC2)C1. The predicted molar refractivity (Wildman–Crippen MR) is 121 cm³/mol. The quantitative estimate of drug-likeness (QED) is 0.749. The summed E-state index contributed by atoms with van der Waals surface area (Å²) in [5.41, 5.74) is 1.77. The normalized spacial score (nSPS) is 20.8. The summed E-state index contributed by atoms with van der Waals surface area (Å²) in [4.78, 5) is 19.5. The van der Waals surface area contributed by atoms with E-state index in [1.165, 1.54) is 0 Å². The summed E-state index contributed by atoms with van der Waals surface area (Å²) in [7, 11) is 0. The molecule has 0 unspecified atom stereocenters. The summed E-state index contributed by atoms with van der Waals surface area (Å²) >= 11 is 12.2. The number of halogens is 2. The number of carbonyl (C=O) groups is 1. The molecule has 0 bridgehead atoms. The topological polar surface area (TPSA) is 67.5 Å². The molecule has 0 spiro atoms. The Hall–Kier alpha value is -1.80. The van der Waals surface area contributed by atoms with E-state index in [4.69, 9.17) is 23.2 Å². The molecule has 2 N–H and O–H groups in total. The van der Waals surface area contributed by atoms with Crippen molar-refractivity contribution in [1.82, 2.24) is 25.3 Å². The van der Waals surface area contributed by atoms with Gasteiger partial charge >= 0.3 is 0 Å². The number of anilines is 1. The Kier molecular flexibility index (Phi) is 6.53. The molecule has 2 saturated heterocycles. The number of benzene rings is 1. The third kappa shape index (κ3) is 4.75. The number of rotatable bonds is 4. The van der Waals surface area contributed by atoms with Crippen LogP contribution in [0.5, 0.6) is 0 Å². The molecule has 4 rings (SSSR count). The first-order valence-electron chi connectivity index (χ1n) is 10.4. The highest BCUT2D eigenvalue weighted by Gasteiger charge is 2.31. The van der Waals surface area contributed by atoms with Gasteiger partial charge in [-0.05, 0) is 32.0 Å². The molecule has 0 saturated carbocycles. The van der Waals surface area contributed by atoms with Crippen LogP contribution in [0, 0.1) is 0 Å². The molecule has 30 heavy (non-hydrogen) atoms. The Morgan fingerprint density at radius 2 is 1.77 bits per heavy atom. The Morgan fingerprint density at radius 3 is 2.43 bits per heavy atom. The van der Waals surface area contributed by atoms with Crippen molar-refractivity contribution >= 4 is 34.9 Å². The van der Waals surface area contributed by atoms with Crippen molar-refractivity contribution < 1.29 is 4.79 Å². The van der Waals surface area contributed by atoms with E-state index in [0.29, 0.717) is 29.2 Å². The Bertz CT molecular complexity index is 873. The molecule has 2 aliphatic heterocycles. The highest BCUT2D eigenvalue weighted by Crippen LogP contribution is 2.28. The summed E-state index contributed by atoms with van der Waals surface area (Å²) in [6, 6.07) is 7.78. The van der Waals surface area contributed by atoms with Crippen LogP contribution in [-0.4, -0.2) is 83.8 Å². The first kappa shape index (κ1) is 21.4. The van der Waals surface area contributed by atoms with Crippen LogP contribution in [-0.2, 0) is 4.79 Å². The molecule has 0 radical (unpaired) electrons. The lowest BCUT2D eigenvalue weighted by atomic mass is 10.1. The predicted octanol–water partition coefficient (Wildman–Crippen LogP) is 2.71. The van der Waals surface area contributed by atoms with E-state index in [2.05, 4.69) is 39.2 Å². The van der Waals surface area contributed by atoms with Gasteiger partial charge in [-0.1, -0.05) is 23.2 Å². The summed E-state index contributed by atoms with van der Waals surface area (Å²) < 4.78 is 0. The van der Waals surface area contributed by atoms with Gasteiger partial charge in [0.25, 0.3) is 0 Å². The molecule has 3 heterocycles. The maximum absolute atomic E-state index is 13.0. The number of aromatic nitrogens is 2. The van der Waals surface area contributed by atoms with Crippen LogP contribution in [0.15, 0.2) is 24.3 Å². The average Bonchev–Trinajstić information content (AvgIpc) is 3.23. The largest absolute Gasteiger partial charge is 0.352 e. The van der Waals surface area contributed by atoms with Gasteiger partial charge in [0, 0.05) is 73.5 Å². The molecular weight excluding hydrogens is 423 g/mol. The fraction of sp³-hybridized carbons (Fsp3) is 0.524. The second kappa shape index (κ2) is 9.14. The first-order chi connectivity index (χ1) is 14.4. The molecule has 9 heteroatoms. The van der Waals surface area contributed by atoms with E-state index in [-0.39, 0.29) is 11.9 Å². The molecule has 1 atom stereocenters. The monoisotopic (exact) mass is 450 g/mol. The van der Waals surface area contributed by atoms with Crippen molar-refractivity contribution in [2.24, 2.45) is 0 Å². The Balaban J connectivity index is 1.36. The summed E-state index contributed by atoms with van der Waals surface area (Å²) in [6.45, 7) is 9.91. The van der Waals surface area contributed by atoms with Crippen LogP contribution in [0.4, 0.5) is 5.82 Å². The van der Waals surface area contributed by atoms with Crippen LogP contribution >= 0.6 is 23.2 Å². The highest BCUT2D eigenvalue weighted by atomic mass is 35.5. The van der Waals surface area contributed by atoms with Crippen LogP contribution in [0.2, 0.25) is 10.0 Å². The van der Waals surface area contributed by atoms with Gasteiger partial charge in [-0.3, -0.25) is 14.8 Å². The second-order valence-electron chi connectivity index (χ2n) is 8.21. The molecule has 2 aliphatic rings. The number of nitrogens with zero attached hydrogens (tertiary/aromatic N) is 4. The fourth-order valence-corrected chi connectivity index (χ4v) is 4.64. The maximum atomic E-state index is 13.0. The smallest absolute Gasteiger partial charge is 0.241 e. The van der Waals surface area contributed by atoms with Gasteiger partial charge in [0.15, 0.2) is 5.82 Å². The van der Waals surface area contributed by atoms with E-state index < -0.39 is 0 Å². The van der Waals surface area contributed by atoms with Gasteiger partial charge in [0.1, 0.15) is 0 Å². The van der Waals surface area contributed by atoms with Crippen molar-refractivity contribution in [2.75, 3.05) is 50.7 Å². The summed E-state index contributed by atoms with van der Waals surface area (Å²) in [5.74, 6) is 1.08. The third-order valence-corrected chi connectivity index (χ3v) is 6.32. The number of piperazine rings is 2. The molecule has 7 nitrogen and oxygen atoms in total. The zero-order valence-corrected chi connectivity index (χ0v) is 18.9. The van der Waals surface area contributed by atoms with Crippen molar-refractivity contribution in [3.05, 3.63) is 34.3 Å². The number of amides is 1. The van der Waals surface area contributed by atoms with E-state index in [1.807, 2.05) is 23.1 Å². The number of nitrogens with one attached hydrogen (secondary N) is 2. The molecule has 162 valence electrons. The average molecular weight is 451 g/mol. The molecule has 1 aromatic carbocycles. The van der Waals surface area contributed by atoms with Crippen molar-refractivity contribution in [3.63, 3.8) is 0 Å². The minimum absolute atomic E-state index is 0.114. The zero-order valence-electron chi connectivity index (χ0n) is 17.4. The van der Waals surface area contributed by atoms with Crippen LogP contribution < -0.4 is 10.2 Å². The number of H-pyrrole nitrogens is 1. The van der Waals surface area contributed by atoms with Crippen LogP contribution in [0.3, 0.4) is 0 Å². The van der Waals surface area contributed by atoms with E-state index in [9.17, 15) is 4.79 Å². The lowest BCUT2D eigenvalue weighted by Crippen LogP contribution is -2.61. The summed E-state index contributed by atoms with van der Waals surface area (Å²) in [6.07, 6.45) is 0. The molecule has 1 amide bonds. The van der Waals surface area contributed by atoms with E-state index in [0.717, 1.165) is 49.8 Å². The molecule has 2 aromatic rings. The maximum Gasteiger partial charge on any atom is 0.241 e. The van der Waals surface area contributed by atoms with Gasteiger partial charge < -0.3 is 15.1 Å². The standard InChI is InChI=1S/C21H28Cl2N6O/c1-14(2)29-4-3-24-19(13-29)21(30)28-7-5-27(6-8-28)20-12-18(25-26-20)15-9-16(22)11-17(23)10-15/h9-12,14,19,24H,3-8,13H2,1-2H3,(H,25,26)/t19-/m1/s1. The van der Waals surface area contributed by atoms with Gasteiger partial charge in [-0.15, -0.1) is 0 Å². The number of hydrogen-bond donors (Lipinski definition) is 2. The van der Waals surface area contributed by atoms with Crippen LogP contribution in [0.1, 0.15) is 13.8 Å². The Morgan fingerprint density at radius 1 is 1.07 bits per heavy atom. The van der Waals surface area contributed by atoms with Gasteiger partial charge in [-0.25, -0.2) is 0 Å². The summed E-state index contributed by atoms with van der Waals surface area (Å²) in [5, 5.41) is 12.1. The first-order valence-corrected chi connectivity index (χ1v) is 11.2. The van der Waals surface area contributed by atoms with E-state index >= 15 is 0 Å². The number of carbonyl (C=O) groups excluding carboxylic acids is 1. The Labute approximate surface area is 187 Å². The van der Waals surface area contributed by atoms with Gasteiger partial charge in [0.2, 0.25) is 5.91 Å². The third-order valence-electron chi connectivity index (χ3n) is 5.89. The van der Waals surface area contributed by atoms with Gasteiger partial charge in [0.05, 0.1) is 11.7 Å². The molecular formula is C21H28Cl2N6O. The number of hydrogen-bond acceptors (Lipinski definition) is 5. The van der Waals surface area contributed by atoms with Gasteiger partial charge in [-0.2, -0.15) is 5.10 Å². The van der Waals surface area contributed by atoms with E-state index in [1.54, 1.807) is 6.07 Å². The second-order valence-corrected chi connectivity index (χ2v) is 9.08. The fourth-order valence-electron chi connectivity index (χ4n) is 4.11. The molecule has 1 aromatic heterocycles. The van der Waals surface area contributed by atoms with Crippen molar-refractivity contribution in [1.29, 1.82) is 0 Å². The zero-order chi connectivity index (χ0) is 21.3. The minimum Gasteiger partial charge on any atom is -0.352 e. The molecule has 2 fully saturated rings. The highest BCUT2D eigenvalue weighted by molar-refractivity contribution is 6.35. The number of aromatic amines is 1. The van der Waals surface area contributed by atoms with Crippen LogP contribution in [0.25, 0.3) is 11.3 Å². The lowest BCUT2D eigenvalue weighted by molar-refractivity contribution is -0.135. The van der Waals surface area contributed by atoms with Crippen molar-refractivity contribution in [3.8, 4) is 11.3 Å².